The topological polar surface area (TPSA) is 134 Å². The molecule has 3 rings (SSSR count). The summed E-state index contributed by atoms with van der Waals surface area (Å²) < 4.78 is 6.17. The number of nitrogens with two attached hydrogens (primary N) is 1. The van der Waals surface area contributed by atoms with Crippen LogP contribution in [0.1, 0.15) is 68.9 Å². The van der Waals surface area contributed by atoms with Crippen LogP contribution >= 0.6 is 15.9 Å². The van der Waals surface area contributed by atoms with Crippen LogP contribution in [0.4, 0.5) is 0 Å². The molecule has 2 atom stereocenters. The number of carbonyl (C=O) groups is 3. The maximum atomic E-state index is 13.5. The smallest absolute Gasteiger partial charge is 0.253 e. The van der Waals surface area contributed by atoms with E-state index in [9.17, 15) is 19.5 Å². The van der Waals surface area contributed by atoms with Crippen molar-refractivity contribution in [1.29, 1.82) is 0 Å². The molecule has 0 bridgehead atoms. The van der Waals surface area contributed by atoms with Crippen LogP contribution in [0.3, 0.4) is 0 Å². The first-order valence-corrected chi connectivity index (χ1v) is 15.3. The highest BCUT2D eigenvalue weighted by Crippen LogP contribution is 2.17. The minimum Gasteiger partial charge on any atom is -0.497 e. The van der Waals surface area contributed by atoms with Crippen molar-refractivity contribution in [1.82, 2.24) is 15.5 Å². The maximum absolute atomic E-state index is 13.5. The van der Waals surface area contributed by atoms with E-state index in [1.54, 1.807) is 12.0 Å². The van der Waals surface area contributed by atoms with Crippen molar-refractivity contribution in [2.24, 2.45) is 5.73 Å². The van der Waals surface area contributed by atoms with Crippen molar-refractivity contribution < 1.29 is 24.2 Å². The van der Waals surface area contributed by atoms with E-state index in [1.165, 1.54) is 18.2 Å². The molecule has 0 heterocycles. The molecule has 0 saturated carbocycles. The van der Waals surface area contributed by atoms with Gasteiger partial charge < -0.3 is 31.1 Å². The highest BCUT2D eigenvalue weighted by molar-refractivity contribution is 9.10. The molecule has 230 valence electrons. The lowest BCUT2D eigenvalue weighted by molar-refractivity contribution is 0.0755. The van der Waals surface area contributed by atoms with Gasteiger partial charge in [0.1, 0.15) is 5.75 Å². The molecule has 10 heteroatoms. The molecule has 0 saturated heterocycles. The largest absolute Gasteiger partial charge is 0.497 e. The van der Waals surface area contributed by atoms with Gasteiger partial charge in [-0.3, -0.25) is 14.4 Å². The Labute approximate surface area is 261 Å². The Bertz CT molecular complexity index is 1390. The zero-order valence-electron chi connectivity index (χ0n) is 24.9. The fraction of sp³-hybridized carbons (Fsp3) is 0.364. The predicted octanol–water partition coefficient (Wildman–Crippen LogP) is 4.31. The monoisotopic (exact) mass is 652 g/mol. The summed E-state index contributed by atoms with van der Waals surface area (Å²) in [4.78, 5) is 41.7. The number of ether oxygens (including phenoxy) is 1. The third-order valence-electron chi connectivity index (χ3n) is 6.89. The van der Waals surface area contributed by atoms with Crippen molar-refractivity contribution in [3.63, 3.8) is 0 Å². The fourth-order valence-electron chi connectivity index (χ4n) is 4.64. The molecule has 5 N–H and O–H groups in total. The number of nitrogens with one attached hydrogen (secondary N) is 2. The van der Waals surface area contributed by atoms with Crippen LogP contribution in [-0.4, -0.2) is 66.6 Å². The zero-order chi connectivity index (χ0) is 31.4. The molecule has 0 aromatic heterocycles. The van der Waals surface area contributed by atoms with Crippen LogP contribution in [0.25, 0.3) is 0 Å². The quantitative estimate of drug-likeness (QED) is 0.193. The second kappa shape index (κ2) is 16.8. The second-order valence-electron chi connectivity index (χ2n) is 10.4. The summed E-state index contributed by atoms with van der Waals surface area (Å²) >= 11 is 3.43. The van der Waals surface area contributed by atoms with E-state index in [0.717, 1.165) is 28.4 Å². The first-order valence-electron chi connectivity index (χ1n) is 14.5. The molecule has 9 nitrogen and oxygen atoms in total. The first-order chi connectivity index (χ1) is 20.6. The molecule has 43 heavy (non-hydrogen) atoms. The number of hydrogen-bond donors (Lipinski definition) is 4. The molecule has 3 amide bonds. The molecule has 0 radical (unpaired) electrons. The molecular weight excluding hydrogens is 612 g/mol. The Kier molecular flexibility index (Phi) is 13.2. The summed E-state index contributed by atoms with van der Waals surface area (Å²) in [6, 6.07) is 18.8. The Balaban J connectivity index is 1.79. The highest BCUT2D eigenvalue weighted by atomic mass is 79.9. The summed E-state index contributed by atoms with van der Waals surface area (Å²) in [7, 11) is 1.57. The third-order valence-corrected chi connectivity index (χ3v) is 7.39. The third kappa shape index (κ3) is 10.2. The lowest BCUT2D eigenvalue weighted by atomic mass is 10.0. The minimum absolute atomic E-state index is 0.0959. The van der Waals surface area contributed by atoms with Crippen LogP contribution in [0.5, 0.6) is 5.75 Å². The zero-order valence-corrected chi connectivity index (χ0v) is 26.5. The molecule has 0 aliphatic carbocycles. The molecule has 3 aromatic carbocycles. The van der Waals surface area contributed by atoms with Gasteiger partial charge in [-0.25, -0.2) is 0 Å². The van der Waals surface area contributed by atoms with Gasteiger partial charge in [-0.05, 0) is 72.9 Å². The van der Waals surface area contributed by atoms with Crippen LogP contribution in [0.15, 0.2) is 71.2 Å². The van der Waals surface area contributed by atoms with Crippen molar-refractivity contribution in [2.75, 3.05) is 26.7 Å². The average molecular weight is 654 g/mol. The summed E-state index contributed by atoms with van der Waals surface area (Å²) in [5, 5.41) is 16.2. The van der Waals surface area contributed by atoms with Crippen molar-refractivity contribution in [2.45, 2.75) is 51.8 Å². The van der Waals surface area contributed by atoms with E-state index in [0.29, 0.717) is 25.3 Å². The number of methoxy groups -OCH3 is 1. The van der Waals surface area contributed by atoms with Crippen LogP contribution in [0.2, 0.25) is 0 Å². The Morgan fingerprint density at radius 1 is 0.884 bits per heavy atom. The summed E-state index contributed by atoms with van der Waals surface area (Å²) in [5.74, 6) is -0.539. The van der Waals surface area contributed by atoms with Gasteiger partial charge in [0.25, 0.3) is 17.7 Å². The van der Waals surface area contributed by atoms with Crippen molar-refractivity contribution >= 4 is 33.7 Å². The van der Waals surface area contributed by atoms with Gasteiger partial charge >= 0.3 is 0 Å². The standard InChI is InChI=1S/C33H41BrN4O5/c1-4-12-38(13-5-2)33(42)26-18-24(31(40)36-20-23-9-7-11-28(15-23)43-3)17-25(19-26)32(41)37-21-30(39)29(35)16-22-8-6-10-27(34)14-22/h6-11,14-15,17-19,29-30,39H,4-5,12-13,16,20-21,35H2,1-3H3,(H,36,40)(H,37,41)/t29-,30+/m0/s1. The van der Waals surface area contributed by atoms with Gasteiger partial charge in [0, 0.05) is 53.4 Å². The summed E-state index contributed by atoms with van der Waals surface area (Å²) in [5.41, 5.74) is 8.56. The molecule has 3 aromatic rings. The number of halogens is 1. The van der Waals surface area contributed by atoms with Gasteiger partial charge in [0.2, 0.25) is 0 Å². The maximum Gasteiger partial charge on any atom is 0.253 e. The van der Waals surface area contributed by atoms with E-state index >= 15 is 0 Å². The number of amides is 3. The number of aliphatic hydroxyl groups is 1. The molecule has 0 aliphatic heterocycles. The molecular formula is C33H41BrN4O5. The average Bonchev–Trinajstić information content (AvgIpc) is 3.01. The molecule has 0 fully saturated rings. The Morgan fingerprint density at radius 2 is 1.49 bits per heavy atom. The van der Waals surface area contributed by atoms with Crippen LogP contribution in [-0.2, 0) is 13.0 Å². The molecule has 0 unspecified atom stereocenters. The van der Waals surface area contributed by atoms with E-state index in [1.807, 2.05) is 62.4 Å². The van der Waals surface area contributed by atoms with Gasteiger partial charge in [0.05, 0.1) is 13.2 Å². The van der Waals surface area contributed by atoms with Gasteiger partial charge in [-0.2, -0.15) is 0 Å². The number of rotatable bonds is 15. The van der Waals surface area contributed by atoms with Crippen molar-refractivity contribution in [3.8, 4) is 5.75 Å². The van der Waals surface area contributed by atoms with E-state index in [4.69, 9.17) is 10.5 Å². The lowest BCUT2D eigenvalue weighted by Gasteiger charge is -2.22. The SMILES string of the molecule is CCCN(CCC)C(=O)c1cc(C(=O)NCc2cccc(OC)c2)cc(C(=O)NC[C@@H](O)[C@@H](N)Cc2cccc(Br)c2)c1. The lowest BCUT2D eigenvalue weighted by Crippen LogP contribution is -2.44. The second-order valence-corrected chi connectivity index (χ2v) is 11.3. The number of nitrogens with zero attached hydrogens (tertiary/aromatic N) is 1. The van der Waals surface area contributed by atoms with Gasteiger partial charge in [-0.15, -0.1) is 0 Å². The minimum atomic E-state index is -1.01. The molecule has 0 spiro atoms. The first kappa shape index (κ1) is 33.8. The number of hydrogen-bond acceptors (Lipinski definition) is 6. The number of aliphatic hydroxyl groups excluding tert-OH is 1. The summed E-state index contributed by atoms with van der Waals surface area (Å²) in [6.07, 6.45) is 0.960. The normalized spacial score (nSPS) is 12.2. The summed E-state index contributed by atoms with van der Waals surface area (Å²) in [6.45, 7) is 5.23. The van der Waals surface area contributed by atoms with Crippen LogP contribution in [0, 0.1) is 0 Å². The fourth-order valence-corrected chi connectivity index (χ4v) is 5.09. The van der Waals surface area contributed by atoms with Crippen molar-refractivity contribution in [3.05, 3.63) is 99.0 Å². The van der Waals surface area contributed by atoms with E-state index in [2.05, 4.69) is 26.6 Å². The predicted molar refractivity (Wildman–Crippen MR) is 171 cm³/mol. The number of carbonyl (C=O) groups excluding carboxylic acids is 3. The highest BCUT2D eigenvalue weighted by Gasteiger charge is 2.22. The van der Waals surface area contributed by atoms with E-state index in [-0.39, 0.29) is 35.7 Å². The Morgan fingerprint density at radius 3 is 2.12 bits per heavy atom. The van der Waals surface area contributed by atoms with Crippen LogP contribution < -0.4 is 21.1 Å². The van der Waals surface area contributed by atoms with Gasteiger partial charge in [-0.1, -0.05) is 54.0 Å². The number of benzene rings is 3. The molecule has 0 aliphatic rings. The van der Waals surface area contributed by atoms with E-state index < -0.39 is 24.0 Å². The van der Waals surface area contributed by atoms with Gasteiger partial charge in [0.15, 0.2) is 0 Å². The Hall–Kier alpha value is -3.73.